The van der Waals surface area contributed by atoms with Crippen LogP contribution in [0.2, 0.25) is 0 Å². The first-order chi connectivity index (χ1) is 23.7. The third-order valence-electron chi connectivity index (χ3n) is 8.14. The van der Waals surface area contributed by atoms with Gasteiger partial charge in [0, 0.05) is 22.8 Å². The van der Waals surface area contributed by atoms with Crippen molar-refractivity contribution in [2.45, 2.75) is 70.6 Å². The molecular weight excluding hydrogens is 673 g/mol. The topological polar surface area (TPSA) is 134 Å². The Morgan fingerprint density at radius 2 is 1.90 bits per heavy atom. The van der Waals surface area contributed by atoms with E-state index >= 15 is 0 Å². The lowest BCUT2D eigenvalue weighted by atomic mass is 9.86. The van der Waals surface area contributed by atoms with Gasteiger partial charge in [-0.05, 0) is 68.5 Å². The number of carbonyl (C=O) groups is 2. The maximum atomic E-state index is 13.7. The molecule has 3 aromatic rings. The van der Waals surface area contributed by atoms with Gasteiger partial charge in [-0.1, -0.05) is 68.1 Å². The number of halogens is 3. The largest absolute Gasteiger partial charge is 0.507 e. The number of ketones is 1. The molecule has 1 aromatic heterocycles. The second-order valence-electron chi connectivity index (χ2n) is 11.8. The van der Waals surface area contributed by atoms with Crippen molar-refractivity contribution in [1.29, 1.82) is 0 Å². The van der Waals surface area contributed by atoms with Gasteiger partial charge in [-0.3, -0.25) is 9.59 Å². The van der Waals surface area contributed by atoms with E-state index in [1.54, 1.807) is 18.2 Å². The zero-order valence-electron chi connectivity index (χ0n) is 27.5. The Bertz CT molecular complexity index is 2010. The molecule has 0 spiro atoms. The molecule has 0 bridgehead atoms. The number of phenolic OH excluding ortho intramolecular Hbond substituents is 1. The van der Waals surface area contributed by atoms with Crippen LogP contribution in [0.5, 0.6) is 11.5 Å². The number of fused-ring (bicyclic) bond motifs is 1. The summed E-state index contributed by atoms with van der Waals surface area (Å²) in [5, 5.41) is 32.0. The van der Waals surface area contributed by atoms with E-state index in [0.717, 1.165) is 24.6 Å². The van der Waals surface area contributed by atoms with Crippen LogP contribution in [0.3, 0.4) is 0 Å². The molecule has 0 saturated heterocycles. The van der Waals surface area contributed by atoms with Crippen molar-refractivity contribution < 1.29 is 47.2 Å². The van der Waals surface area contributed by atoms with Gasteiger partial charge in [-0.25, -0.2) is 4.79 Å². The number of thiocarbonyl (C=S) groups is 1. The van der Waals surface area contributed by atoms with E-state index in [4.69, 9.17) is 21.4 Å². The zero-order valence-corrected chi connectivity index (χ0v) is 28.3. The van der Waals surface area contributed by atoms with E-state index < -0.39 is 46.5 Å². The average molecular weight is 711 g/mol. The van der Waals surface area contributed by atoms with Crippen molar-refractivity contribution in [2.24, 2.45) is 0 Å². The summed E-state index contributed by atoms with van der Waals surface area (Å²) in [6.45, 7) is 3.70. The summed E-state index contributed by atoms with van der Waals surface area (Å²) in [5.41, 5.74) is -1.54. The Balaban J connectivity index is 1.54. The van der Waals surface area contributed by atoms with Gasteiger partial charge >= 0.3 is 12.1 Å². The molecule has 1 aliphatic carbocycles. The first kappa shape index (κ1) is 38.0. The molecule has 0 aliphatic heterocycles. The molecule has 3 N–H and O–H groups in total. The molecule has 1 aliphatic rings. The summed E-state index contributed by atoms with van der Waals surface area (Å²) in [5.74, 6) is -3.52. The molecule has 1 heterocycles. The number of ether oxygens (including phenoxy) is 1. The highest BCUT2D eigenvalue weighted by Crippen LogP contribution is 2.36. The first-order valence-electron chi connectivity index (χ1n) is 16.1. The summed E-state index contributed by atoms with van der Waals surface area (Å²) in [6, 6.07) is 7.21. The molecular formula is C38H37F3O8S. The van der Waals surface area contributed by atoms with E-state index in [1.807, 2.05) is 6.92 Å². The third kappa shape index (κ3) is 9.05. The lowest BCUT2D eigenvalue weighted by molar-refractivity contribution is -0.137. The minimum Gasteiger partial charge on any atom is -0.507 e. The number of carbonyl (C=O) groups excluding carboxylic acids is 1. The standard InChI is InChI=1S/C38H37F3O8S/c1-3-11-27-30(18-17-26(22(2)42)34(27)44)48-19-9-7-5-4-6-8-14-29(33(43)23-12-10-13-24(20-23)38(39,40)41)32-35(45)28-16-15-25(50)21-31(28)49-36(32)37(46)47/h4,6,8,10,12-14,16-18,20-21,29,33,43-44H,3,5,7,9,11,15,19H2,1-2H3,(H,46,47)/b6-4-,14-8+/t29-,33-/m1/s1. The Labute approximate surface area is 291 Å². The fourth-order valence-electron chi connectivity index (χ4n) is 5.65. The molecule has 2 aromatic carbocycles. The van der Waals surface area contributed by atoms with Crippen molar-refractivity contribution in [2.75, 3.05) is 6.61 Å². The Hall–Kier alpha value is -4.81. The quantitative estimate of drug-likeness (QED) is 0.0680. The van der Waals surface area contributed by atoms with Crippen LogP contribution in [0.25, 0.3) is 12.2 Å². The third-order valence-corrected chi connectivity index (χ3v) is 8.43. The number of alkyl halides is 3. The normalized spacial score (nSPS) is 14.2. The number of carboxylic acid groups (broad SMARTS) is 1. The van der Waals surface area contributed by atoms with Crippen LogP contribution in [-0.4, -0.2) is 38.5 Å². The second kappa shape index (κ2) is 16.7. The lowest BCUT2D eigenvalue weighted by Gasteiger charge is -2.22. The van der Waals surface area contributed by atoms with Crippen LogP contribution in [0, 0.1) is 0 Å². The van der Waals surface area contributed by atoms with Gasteiger partial charge in [0.05, 0.1) is 34.6 Å². The number of Topliss-reactive ketones (excluding diaryl/α,β-unsaturated/α-hetero) is 1. The van der Waals surface area contributed by atoms with Gasteiger partial charge in [-0.15, -0.1) is 0 Å². The molecule has 264 valence electrons. The number of benzene rings is 2. The number of carboxylic acids is 1. The minimum absolute atomic E-state index is 0.0426. The molecule has 0 unspecified atom stereocenters. The highest BCUT2D eigenvalue weighted by Gasteiger charge is 2.34. The number of aliphatic hydroxyl groups is 1. The summed E-state index contributed by atoms with van der Waals surface area (Å²) >= 11 is 5.16. The summed E-state index contributed by atoms with van der Waals surface area (Å²) < 4.78 is 52.0. The van der Waals surface area contributed by atoms with Crippen LogP contribution in [-0.2, 0) is 12.6 Å². The smallest absolute Gasteiger partial charge is 0.416 e. The van der Waals surface area contributed by atoms with Gasteiger partial charge in [0.15, 0.2) is 11.2 Å². The van der Waals surface area contributed by atoms with Crippen LogP contribution in [0.4, 0.5) is 13.2 Å². The van der Waals surface area contributed by atoms with Gasteiger partial charge in [0.2, 0.25) is 5.76 Å². The summed E-state index contributed by atoms with van der Waals surface area (Å²) in [7, 11) is 0. The van der Waals surface area contributed by atoms with Crippen molar-refractivity contribution >= 4 is 41.0 Å². The molecule has 50 heavy (non-hydrogen) atoms. The van der Waals surface area contributed by atoms with Crippen LogP contribution in [0.1, 0.15) is 101 Å². The van der Waals surface area contributed by atoms with Crippen molar-refractivity contribution in [1.82, 2.24) is 0 Å². The monoisotopic (exact) mass is 710 g/mol. The van der Waals surface area contributed by atoms with Crippen LogP contribution in [0.15, 0.2) is 69.9 Å². The van der Waals surface area contributed by atoms with Gasteiger partial charge in [0.25, 0.3) is 0 Å². The number of allylic oxidation sites excluding steroid dienone is 3. The predicted octanol–water partition coefficient (Wildman–Crippen LogP) is 6.73. The Morgan fingerprint density at radius 3 is 2.58 bits per heavy atom. The van der Waals surface area contributed by atoms with E-state index in [2.05, 4.69) is 0 Å². The molecule has 4 rings (SSSR count). The van der Waals surface area contributed by atoms with E-state index in [9.17, 15) is 42.9 Å². The zero-order chi connectivity index (χ0) is 36.6. The molecule has 0 saturated carbocycles. The average Bonchev–Trinajstić information content (AvgIpc) is 3.06. The highest BCUT2D eigenvalue weighted by molar-refractivity contribution is 7.81. The van der Waals surface area contributed by atoms with Gasteiger partial charge in [-0.2, -0.15) is 13.2 Å². The Kier molecular flexibility index (Phi) is 12.7. The van der Waals surface area contributed by atoms with E-state index in [-0.39, 0.29) is 39.7 Å². The number of hydrogen-bond acceptors (Lipinski definition) is 8. The summed E-state index contributed by atoms with van der Waals surface area (Å²) in [6.07, 6.45) is 6.20. The molecule has 8 nitrogen and oxygen atoms in total. The Morgan fingerprint density at radius 1 is 1.14 bits per heavy atom. The first-order valence-corrected chi connectivity index (χ1v) is 16.5. The van der Waals surface area contributed by atoms with Crippen LogP contribution < -0.4 is 20.8 Å². The summed E-state index contributed by atoms with van der Waals surface area (Å²) in [4.78, 5) is 38.2. The van der Waals surface area contributed by atoms with Crippen molar-refractivity contribution in [3.8, 4) is 11.5 Å². The van der Waals surface area contributed by atoms with Crippen molar-refractivity contribution in [3.05, 3.63) is 115 Å². The number of unbranched alkanes of at least 4 members (excludes halogenated alkanes) is 2. The number of phenols is 1. The van der Waals surface area contributed by atoms with E-state index in [0.29, 0.717) is 48.5 Å². The number of aromatic carboxylic acids is 1. The highest BCUT2D eigenvalue weighted by atomic mass is 32.1. The molecule has 12 heteroatoms. The minimum atomic E-state index is -4.70. The van der Waals surface area contributed by atoms with E-state index in [1.165, 1.54) is 43.4 Å². The fourth-order valence-corrected chi connectivity index (χ4v) is 5.84. The van der Waals surface area contributed by atoms with Crippen LogP contribution >= 0.6 is 12.2 Å². The number of rotatable bonds is 15. The van der Waals surface area contributed by atoms with Gasteiger partial charge in [0.1, 0.15) is 16.9 Å². The second-order valence-corrected chi connectivity index (χ2v) is 12.3. The SMILES string of the molecule is CCCc1c(OCCCC/C=C\C=C\[C@H](c2c(C(=O)O)oc3c(c2=O)=CCC(=S)C=3)[C@H](O)c2cccc(C(F)(F)F)c2)ccc(C(C)=O)c1O. The molecule has 2 atom stereocenters. The maximum Gasteiger partial charge on any atom is 0.416 e. The van der Waals surface area contributed by atoms with Gasteiger partial charge < -0.3 is 24.5 Å². The number of aromatic hydroxyl groups is 1. The molecule has 0 radical (unpaired) electrons. The molecule has 0 fully saturated rings. The fraction of sp³-hybridized carbons (Fsp3) is 0.316. The maximum absolute atomic E-state index is 13.7. The molecule has 0 amide bonds. The number of aliphatic hydroxyl groups excluding tert-OH is 1. The lowest BCUT2D eigenvalue weighted by Crippen LogP contribution is -2.45. The van der Waals surface area contributed by atoms with Crippen molar-refractivity contribution in [3.63, 3.8) is 0 Å². The predicted molar refractivity (Wildman–Crippen MR) is 186 cm³/mol. The number of hydrogen-bond donors (Lipinski definition) is 3.